The first-order valence-electron chi connectivity index (χ1n) is 7.61. The highest BCUT2D eigenvalue weighted by atomic mass is 16.6. The summed E-state index contributed by atoms with van der Waals surface area (Å²) < 4.78 is 5.09. The minimum Gasteiger partial charge on any atom is -0.444 e. The van der Waals surface area contributed by atoms with Gasteiger partial charge >= 0.3 is 6.09 Å². The average molecular weight is 323 g/mol. The molecule has 2 amide bonds. The Balaban J connectivity index is 2.14. The molecule has 128 valence electrons. The van der Waals surface area contributed by atoms with Gasteiger partial charge in [-0.1, -0.05) is 0 Å². The molecule has 0 aliphatic rings. The van der Waals surface area contributed by atoms with E-state index in [1.807, 2.05) is 0 Å². The number of aromatic nitrogens is 1. The molecule has 3 N–H and O–H groups in total. The van der Waals surface area contributed by atoms with Crippen LogP contribution in [0.3, 0.4) is 0 Å². The van der Waals surface area contributed by atoms with E-state index in [1.54, 1.807) is 39.1 Å². The molecule has 0 spiro atoms. The summed E-state index contributed by atoms with van der Waals surface area (Å²) >= 11 is 0. The van der Waals surface area contributed by atoms with Gasteiger partial charge < -0.3 is 20.5 Å². The summed E-state index contributed by atoms with van der Waals surface area (Å²) in [4.78, 5) is 27.0. The molecular weight excluding hydrogens is 298 g/mol. The van der Waals surface area contributed by atoms with Crippen molar-refractivity contribution in [1.82, 2.24) is 15.6 Å². The molecule has 1 rings (SSSR count). The zero-order chi connectivity index (χ0) is 17.3. The zero-order valence-corrected chi connectivity index (χ0v) is 13.8. The van der Waals surface area contributed by atoms with Gasteiger partial charge in [-0.05, 0) is 45.7 Å². The highest BCUT2D eigenvalue weighted by Crippen LogP contribution is 2.06. The first-order valence-corrected chi connectivity index (χ1v) is 7.61. The molecule has 0 radical (unpaired) electrons. The van der Waals surface area contributed by atoms with Gasteiger partial charge in [-0.25, -0.2) is 4.79 Å². The van der Waals surface area contributed by atoms with Gasteiger partial charge in [-0.15, -0.1) is 0 Å². The number of aliphatic hydroxyl groups is 1. The van der Waals surface area contributed by atoms with Gasteiger partial charge in [0.2, 0.25) is 0 Å². The lowest BCUT2D eigenvalue weighted by Gasteiger charge is -2.20. The predicted octanol–water partition coefficient (Wildman–Crippen LogP) is 1.48. The van der Waals surface area contributed by atoms with Crippen molar-refractivity contribution in [1.29, 1.82) is 0 Å². The van der Waals surface area contributed by atoms with E-state index in [0.29, 0.717) is 31.5 Å². The number of hydrogen-bond acceptors (Lipinski definition) is 5. The monoisotopic (exact) mass is 323 g/mol. The standard InChI is InChI=1S/C16H25N3O4/c1-16(2,3)23-15(22)19-10-7-13(20)6-9-18-14(21)12-5-4-8-17-11-12/h4-5,8,11,13,20H,6-7,9-10H2,1-3H3,(H,18,21)(H,19,22). The van der Waals surface area contributed by atoms with Crippen molar-refractivity contribution >= 4 is 12.0 Å². The fraction of sp³-hybridized carbons (Fsp3) is 0.562. The van der Waals surface area contributed by atoms with Crippen LogP contribution in [0.25, 0.3) is 0 Å². The van der Waals surface area contributed by atoms with Crippen molar-refractivity contribution in [2.24, 2.45) is 0 Å². The van der Waals surface area contributed by atoms with E-state index in [9.17, 15) is 14.7 Å². The van der Waals surface area contributed by atoms with Crippen LogP contribution in [-0.2, 0) is 4.74 Å². The van der Waals surface area contributed by atoms with E-state index in [4.69, 9.17) is 4.74 Å². The number of nitrogens with zero attached hydrogens (tertiary/aromatic N) is 1. The Morgan fingerprint density at radius 1 is 1.26 bits per heavy atom. The number of carbonyl (C=O) groups excluding carboxylic acids is 2. The molecule has 0 aliphatic heterocycles. The minimum atomic E-state index is -0.612. The lowest BCUT2D eigenvalue weighted by molar-refractivity contribution is 0.0518. The molecule has 0 aliphatic carbocycles. The molecule has 0 bridgehead atoms. The normalized spacial score (nSPS) is 12.3. The van der Waals surface area contributed by atoms with E-state index in [-0.39, 0.29) is 5.91 Å². The molecule has 23 heavy (non-hydrogen) atoms. The second-order valence-electron chi connectivity index (χ2n) is 6.16. The van der Waals surface area contributed by atoms with Gasteiger partial charge in [0.05, 0.1) is 11.7 Å². The smallest absolute Gasteiger partial charge is 0.407 e. The van der Waals surface area contributed by atoms with Gasteiger partial charge in [0.1, 0.15) is 5.60 Å². The quantitative estimate of drug-likeness (QED) is 0.705. The van der Waals surface area contributed by atoms with E-state index in [2.05, 4.69) is 15.6 Å². The Morgan fingerprint density at radius 2 is 1.91 bits per heavy atom. The summed E-state index contributed by atoms with van der Waals surface area (Å²) in [5, 5.41) is 15.1. The van der Waals surface area contributed by atoms with E-state index in [1.165, 1.54) is 6.20 Å². The third-order valence-corrected chi connectivity index (χ3v) is 2.83. The van der Waals surface area contributed by atoms with Crippen LogP contribution >= 0.6 is 0 Å². The summed E-state index contributed by atoms with van der Waals surface area (Å²) in [6.07, 6.45) is 2.76. The highest BCUT2D eigenvalue weighted by molar-refractivity contribution is 5.93. The van der Waals surface area contributed by atoms with Gasteiger partial charge in [0.25, 0.3) is 5.91 Å². The van der Waals surface area contributed by atoms with Gasteiger partial charge in [0, 0.05) is 25.5 Å². The van der Waals surface area contributed by atoms with Crippen molar-refractivity contribution < 1.29 is 19.4 Å². The number of rotatable bonds is 7. The SMILES string of the molecule is CC(C)(C)OC(=O)NCCC(O)CCNC(=O)c1cccnc1. The second-order valence-corrected chi connectivity index (χ2v) is 6.16. The number of pyridine rings is 1. The fourth-order valence-electron chi connectivity index (χ4n) is 1.75. The van der Waals surface area contributed by atoms with Crippen molar-refractivity contribution in [3.8, 4) is 0 Å². The van der Waals surface area contributed by atoms with Crippen LogP contribution in [0.5, 0.6) is 0 Å². The molecule has 7 nitrogen and oxygen atoms in total. The average Bonchev–Trinajstić information content (AvgIpc) is 2.46. The number of carbonyl (C=O) groups is 2. The first kappa shape index (κ1) is 18.9. The lowest BCUT2D eigenvalue weighted by Crippen LogP contribution is -2.34. The summed E-state index contributed by atoms with van der Waals surface area (Å²) in [5.41, 5.74) is -0.0622. The third kappa shape index (κ3) is 8.77. The van der Waals surface area contributed by atoms with Gasteiger partial charge in [-0.3, -0.25) is 9.78 Å². The second kappa shape index (κ2) is 9.09. The van der Waals surface area contributed by atoms with Crippen LogP contribution < -0.4 is 10.6 Å². The maximum atomic E-state index is 11.8. The molecule has 0 saturated carbocycles. The number of alkyl carbamates (subject to hydrolysis) is 1. The Hall–Kier alpha value is -2.15. The zero-order valence-electron chi connectivity index (χ0n) is 13.8. The largest absolute Gasteiger partial charge is 0.444 e. The summed E-state index contributed by atoms with van der Waals surface area (Å²) in [6, 6.07) is 3.36. The molecule has 1 unspecified atom stereocenters. The van der Waals surface area contributed by atoms with Crippen LogP contribution in [0, 0.1) is 0 Å². The van der Waals surface area contributed by atoms with Crippen LogP contribution in [0.1, 0.15) is 44.0 Å². The molecule has 7 heteroatoms. The number of hydrogen-bond donors (Lipinski definition) is 3. The molecule has 1 aromatic rings. The van der Waals surface area contributed by atoms with Crippen molar-refractivity contribution in [3.63, 3.8) is 0 Å². The minimum absolute atomic E-state index is 0.225. The van der Waals surface area contributed by atoms with Gasteiger partial charge in [0.15, 0.2) is 0 Å². The maximum absolute atomic E-state index is 11.8. The van der Waals surface area contributed by atoms with Crippen molar-refractivity contribution in [2.45, 2.75) is 45.3 Å². The van der Waals surface area contributed by atoms with E-state index >= 15 is 0 Å². The summed E-state index contributed by atoms with van der Waals surface area (Å²) in [5.74, 6) is -0.225. The molecule has 0 fully saturated rings. The molecule has 1 atom stereocenters. The van der Waals surface area contributed by atoms with E-state index in [0.717, 1.165) is 0 Å². The van der Waals surface area contributed by atoms with Crippen LogP contribution in [0.4, 0.5) is 4.79 Å². The summed E-state index contributed by atoms with van der Waals surface area (Å²) in [6.45, 7) is 6.01. The van der Waals surface area contributed by atoms with Crippen molar-refractivity contribution in [3.05, 3.63) is 30.1 Å². The van der Waals surface area contributed by atoms with Gasteiger partial charge in [-0.2, -0.15) is 0 Å². The fourth-order valence-corrected chi connectivity index (χ4v) is 1.75. The van der Waals surface area contributed by atoms with Crippen LogP contribution in [0.15, 0.2) is 24.5 Å². The van der Waals surface area contributed by atoms with Crippen LogP contribution in [-0.4, -0.2) is 46.9 Å². The van der Waals surface area contributed by atoms with Crippen LogP contribution in [0.2, 0.25) is 0 Å². The molecule has 0 aromatic carbocycles. The molecule has 1 heterocycles. The van der Waals surface area contributed by atoms with E-state index < -0.39 is 17.8 Å². The maximum Gasteiger partial charge on any atom is 0.407 e. The Morgan fingerprint density at radius 3 is 2.48 bits per heavy atom. The van der Waals surface area contributed by atoms with Crippen molar-refractivity contribution in [2.75, 3.05) is 13.1 Å². The Bertz CT molecular complexity index is 500. The molecular formula is C16H25N3O4. The predicted molar refractivity (Wildman–Crippen MR) is 86.0 cm³/mol. The lowest BCUT2D eigenvalue weighted by atomic mass is 10.2. The number of ether oxygens (including phenoxy) is 1. The Labute approximate surface area is 136 Å². The number of amides is 2. The topological polar surface area (TPSA) is 101 Å². The highest BCUT2D eigenvalue weighted by Gasteiger charge is 2.16. The number of aliphatic hydroxyl groups excluding tert-OH is 1. The number of nitrogens with one attached hydrogen (secondary N) is 2. The molecule has 0 saturated heterocycles. The third-order valence-electron chi connectivity index (χ3n) is 2.83. The summed E-state index contributed by atoms with van der Waals surface area (Å²) in [7, 11) is 0. The molecule has 1 aromatic heterocycles. The Kier molecular flexibility index (Phi) is 7.47. The first-order chi connectivity index (χ1) is 10.8.